The number of aromatic nitrogens is 2. The molecular weight excluding hydrogens is 368 g/mol. The summed E-state index contributed by atoms with van der Waals surface area (Å²) in [5.41, 5.74) is 0.589. The second-order valence-electron chi connectivity index (χ2n) is 4.70. The smallest absolute Gasteiger partial charge is 0.281 e. The molecule has 0 saturated carbocycles. The summed E-state index contributed by atoms with van der Waals surface area (Å²) in [5, 5.41) is 19.7. The number of hydrogen-bond donors (Lipinski definition) is 0. The quantitative estimate of drug-likeness (QED) is 0.499. The van der Waals surface area contributed by atoms with E-state index in [-0.39, 0.29) is 16.0 Å². The number of rotatable bonds is 5. The molecule has 0 spiro atoms. The third-order valence-electron chi connectivity index (χ3n) is 2.94. The number of aryl methyl sites for hydroxylation is 1. The number of thioether (sulfide) groups is 1. The summed E-state index contributed by atoms with van der Waals surface area (Å²) in [5.74, 6) is -1.07. The van der Waals surface area contributed by atoms with E-state index in [0.29, 0.717) is 10.6 Å². The lowest BCUT2D eigenvalue weighted by Gasteiger charge is -2.04. The number of thiophene rings is 1. The molecule has 2 heterocycles. The fourth-order valence-electron chi connectivity index (χ4n) is 1.88. The molecule has 5 nitrogen and oxygen atoms in total. The van der Waals surface area contributed by atoms with Gasteiger partial charge < -0.3 is 14.3 Å². The van der Waals surface area contributed by atoms with Crippen molar-refractivity contribution >= 4 is 46.7 Å². The van der Waals surface area contributed by atoms with Crippen LogP contribution in [0.3, 0.4) is 0 Å². The summed E-state index contributed by atoms with van der Waals surface area (Å²) in [6, 6.07) is 10.8. The van der Waals surface area contributed by atoms with Crippen molar-refractivity contribution in [3.63, 3.8) is 0 Å². The molecule has 0 unspecified atom stereocenters. The molecule has 3 rings (SSSR count). The van der Waals surface area contributed by atoms with Crippen molar-refractivity contribution in [1.82, 2.24) is 10.2 Å². The Balaban J connectivity index is 1.85. The van der Waals surface area contributed by atoms with Crippen molar-refractivity contribution in [2.45, 2.75) is 12.1 Å². The van der Waals surface area contributed by atoms with Crippen molar-refractivity contribution in [3.05, 3.63) is 56.1 Å². The molecule has 0 radical (unpaired) electrons. The van der Waals surface area contributed by atoms with E-state index in [9.17, 15) is 9.90 Å². The maximum atomic E-state index is 11.3. The highest BCUT2D eigenvalue weighted by molar-refractivity contribution is 8.03. The number of aliphatic carboxylic acids is 1. The molecule has 0 aliphatic rings. The molecule has 0 aliphatic heterocycles. The summed E-state index contributed by atoms with van der Waals surface area (Å²) in [7, 11) is 0. The van der Waals surface area contributed by atoms with E-state index in [1.165, 1.54) is 17.4 Å². The molecule has 1 aromatic carbocycles. The first-order valence-electron chi connectivity index (χ1n) is 6.78. The van der Waals surface area contributed by atoms with E-state index >= 15 is 0 Å². The lowest BCUT2D eigenvalue weighted by atomic mass is 10.2. The van der Waals surface area contributed by atoms with Crippen molar-refractivity contribution in [2.24, 2.45) is 0 Å². The van der Waals surface area contributed by atoms with Gasteiger partial charge in [0.25, 0.3) is 5.22 Å². The normalized spacial score (nSPS) is 11.7. The molecule has 0 fully saturated rings. The third-order valence-corrected chi connectivity index (χ3v) is 5.06. The number of carboxylic acid groups (broad SMARTS) is 1. The average molecular weight is 378 g/mol. The SMILES string of the molecule is Cc1ccc(/C=C(/Sc2nnc(-c3ccccc3Cl)o2)C(=O)[O-])s1. The van der Waals surface area contributed by atoms with Crippen LogP contribution in [-0.2, 0) is 4.79 Å². The highest BCUT2D eigenvalue weighted by atomic mass is 35.5. The Labute approximate surface area is 151 Å². The zero-order chi connectivity index (χ0) is 17.1. The van der Waals surface area contributed by atoms with Gasteiger partial charge in [0.05, 0.1) is 16.6 Å². The zero-order valence-electron chi connectivity index (χ0n) is 12.4. The van der Waals surface area contributed by atoms with Gasteiger partial charge in [-0.3, -0.25) is 0 Å². The first-order chi connectivity index (χ1) is 11.5. The zero-order valence-corrected chi connectivity index (χ0v) is 14.7. The van der Waals surface area contributed by atoms with Gasteiger partial charge in [-0.25, -0.2) is 0 Å². The first-order valence-corrected chi connectivity index (χ1v) is 8.80. The Kier molecular flexibility index (Phi) is 5.03. The maximum Gasteiger partial charge on any atom is 0.281 e. The second kappa shape index (κ2) is 7.21. The topological polar surface area (TPSA) is 79.0 Å². The molecule has 0 N–H and O–H groups in total. The molecule has 8 heteroatoms. The average Bonchev–Trinajstić information content (AvgIpc) is 3.16. The number of halogens is 1. The minimum atomic E-state index is -1.30. The van der Waals surface area contributed by atoms with Gasteiger partial charge in [0.15, 0.2) is 0 Å². The van der Waals surface area contributed by atoms with Crippen molar-refractivity contribution < 1.29 is 14.3 Å². The number of carboxylic acids is 1. The van der Waals surface area contributed by atoms with E-state index in [0.717, 1.165) is 21.5 Å². The fraction of sp³-hybridized carbons (Fsp3) is 0.0625. The lowest BCUT2D eigenvalue weighted by molar-refractivity contribution is -0.298. The van der Waals surface area contributed by atoms with Gasteiger partial charge in [0.1, 0.15) is 0 Å². The van der Waals surface area contributed by atoms with Crippen LogP contribution >= 0.6 is 34.7 Å². The Morgan fingerprint density at radius 3 is 2.75 bits per heavy atom. The predicted octanol–water partition coefficient (Wildman–Crippen LogP) is 3.64. The number of hydrogen-bond acceptors (Lipinski definition) is 7. The predicted molar refractivity (Wildman–Crippen MR) is 92.6 cm³/mol. The summed E-state index contributed by atoms with van der Waals surface area (Å²) < 4.78 is 5.50. The van der Waals surface area contributed by atoms with Crippen LogP contribution in [0.4, 0.5) is 0 Å². The highest BCUT2D eigenvalue weighted by Gasteiger charge is 2.14. The first kappa shape index (κ1) is 16.8. The lowest BCUT2D eigenvalue weighted by Crippen LogP contribution is -2.22. The second-order valence-corrected chi connectivity index (χ2v) is 7.42. The number of nitrogens with zero attached hydrogens (tertiary/aromatic N) is 2. The largest absolute Gasteiger partial charge is 0.544 e. The van der Waals surface area contributed by atoms with E-state index < -0.39 is 5.97 Å². The molecule has 2 aromatic heterocycles. The van der Waals surface area contributed by atoms with Gasteiger partial charge in [-0.1, -0.05) is 23.7 Å². The molecule has 0 aliphatic carbocycles. The van der Waals surface area contributed by atoms with Gasteiger partial charge in [0.2, 0.25) is 5.89 Å². The van der Waals surface area contributed by atoms with Crippen LogP contribution in [0, 0.1) is 6.92 Å². The fourth-order valence-corrected chi connectivity index (χ4v) is 3.65. The van der Waals surface area contributed by atoms with Crippen LogP contribution in [-0.4, -0.2) is 16.2 Å². The van der Waals surface area contributed by atoms with Crippen molar-refractivity contribution in [1.29, 1.82) is 0 Å². The Morgan fingerprint density at radius 2 is 2.08 bits per heavy atom. The molecule has 3 aromatic rings. The molecule has 0 atom stereocenters. The van der Waals surface area contributed by atoms with Gasteiger partial charge in [0, 0.05) is 14.7 Å². The summed E-state index contributed by atoms with van der Waals surface area (Å²) >= 11 is 8.41. The van der Waals surface area contributed by atoms with Crippen LogP contribution < -0.4 is 5.11 Å². The van der Waals surface area contributed by atoms with Gasteiger partial charge in [-0.15, -0.1) is 21.5 Å². The van der Waals surface area contributed by atoms with Crippen LogP contribution in [0.1, 0.15) is 9.75 Å². The van der Waals surface area contributed by atoms with Gasteiger partial charge in [-0.05, 0) is 49.0 Å². The highest BCUT2D eigenvalue weighted by Crippen LogP contribution is 2.32. The van der Waals surface area contributed by atoms with E-state index in [2.05, 4.69) is 10.2 Å². The van der Waals surface area contributed by atoms with Crippen LogP contribution in [0.25, 0.3) is 17.5 Å². The van der Waals surface area contributed by atoms with E-state index in [4.69, 9.17) is 16.0 Å². The third kappa shape index (κ3) is 3.87. The minimum Gasteiger partial charge on any atom is -0.544 e. The van der Waals surface area contributed by atoms with Crippen LogP contribution in [0.5, 0.6) is 0 Å². The minimum absolute atomic E-state index is 0.00814. The van der Waals surface area contributed by atoms with Gasteiger partial charge >= 0.3 is 0 Å². The summed E-state index contributed by atoms with van der Waals surface area (Å²) in [6.07, 6.45) is 1.52. The molecule has 0 amide bonds. The molecule has 122 valence electrons. The molecule has 24 heavy (non-hydrogen) atoms. The number of benzene rings is 1. The molecule has 0 saturated heterocycles. The van der Waals surface area contributed by atoms with Crippen molar-refractivity contribution in [2.75, 3.05) is 0 Å². The maximum absolute atomic E-state index is 11.3. The molecule has 0 bridgehead atoms. The van der Waals surface area contributed by atoms with Crippen LogP contribution in [0.2, 0.25) is 5.02 Å². The van der Waals surface area contributed by atoms with Crippen molar-refractivity contribution in [3.8, 4) is 11.5 Å². The van der Waals surface area contributed by atoms with Gasteiger partial charge in [-0.2, -0.15) is 0 Å². The number of carbonyl (C=O) groups is 1. The monoisotopic (exact) mass is 377 g/mol. The standard InChI is InChI=1S/C16H11ClN2O3S2/c1-9-6-7-10(23-9)8-13(15(20)21)24-16-19-18-14(22-16)11-4-2-3-5-12(11)17/h2-8H,1H3,(H,20,21)/p-1/b13-8+. The molecular formula is C16H10ClN2O3S2-. The Morgan fingerprint density at radius 1 is 1.29 bits per heavy atom. The van der Waals surface area contributed by atoms with Crippen LogP contribution in [0.15, 0.2) is 50.9 Å². The Hall–Kier alpha value is -2.09. The van der Waals surface area contributed by atoms with E-state index in [1.54, 1.807) is 24.3 Å². The Bertz CT molecular complexity index is 917. The summed E-state index contributed by atoms with van der Waals surface area (Å²) in [6.45, 7) is 1.95. The summed E-state index contributed by atoms with van der Waals surface area (Å²) in [4.78, 5) is 13.2. The van der Waals surface area contributed by atoms with E-state index in [1.807, 2.05) is 19.1 Å². The number of carbonyl (C=O) groups excluding carboxylic acids is 1.